The lowest BCUT2D eigenvalue weighted by Crippen LogP contribution is -2.34. The lowest BCUT2D eigenvalue weighted by molar-refractivity contribution is 0.0732. The minimum atomic E-state index is -0.350. The molecular weight excluding hydrogens is 320 g/mol. The predicted molar refractivity (Wildman–Crippen MR) is 94.4 cm³/mol. The molecule has 0 aliphatic carbocycles. The summed E-state index contributed by atoms with van der Waals surface area (Å²) in [6.07, 6.45) is 1.72. The van der Waals surface area contributed by atoms with Crippen molar-refractivity contribution < 1.29 is 14.3 Å². The lowest BCUT2D eigenvalue weighted by Gasteiger charge is -2.26. The fraction of sp³-hybridized carbons (Fsp3) is 0.368. The maximum Gasteiger partial charge on any atom is 0.260 e. The molecule has 1 aromatic carbocycles. The topological polar surface area (TPSA) is 71.6 Å². The smallest absolute Gasteiger partial charge is 0.260 e. The van der Waals surface area contributed by atoms with Gasteiger partial charge in [0.05, 0.1) is 20.3 Å². The van der Waals surface area contributed by atoms with Gasteiger partial charge in [-0.15, -0.1) is 0 Å². The van der Waals surface area contributed by atoms with Gasteiger partial charge in [0.25, 0.3) is 11.5 Å². The fourth-order valence-electron chi connectivity index (χ4n) is 3.32. The average Bonchev–Trinajstić information content (AvgIpc) is 3.10. The number of methoxy groups -OCH3 is 2. The molecule has 1 aliphatic rings. The average molecular weight is 342 g/mol. The number of aromatic amines is 1. The summed E-state index contributed by atoms with van der Waals surface area (Å²) in [7, 11) is 3.20. The summed E-state index contributed by atoms with van der Waals surface area (Å²) in [4.78, 5) is 29.5. The van der Waals surface area contributed by atoms with Gasteiger partial charge in [-0.1, -0.05) is 0 Å². The first-order valence-electron chi connectivity index (χ1n) is 8.28. The van der Waals surface area contributed by atoms with Crippen LogP contribution in [0.15, 0.2) is 35.1 Å². The quantitative estimate of drug-likeness (QED) is 0.927. The van der Waals surface area contributed by atoms with Crippen LogP contribution in [0, 0.1) is 6.92 Å². The molecule has 0 spiro atoms. The normalized spacial score (nSPS) is 16.8. The number of hydrogen-bond donors (Lipinski definition) is 1. The first kappa shape index (κ1) is 17.1. The summed E-state index contributed by atoms with van der Waals surface area (Å²) < 4.78 is 10.7. The number of pyridine rings is 1. The molecule has 1 saturated heterocycles. The summed E-state index contributed by atoms with van der Waals surface area (Å²) >= 11 is 0. The third-order valence-corrected chi connectivity index (χ3v) is 4.60. The van der Waals surface area contributed by atoms with Gasteiger partial charge in [-0.05, 0) is 44.0 Å². The molecule has 1 N–H and O–H groups in total. The maximum absolute atomic E-state index is 12.9. The van der Waals surface area contributed by atoms with Gasteiger partial charge in [0.1, 0.15) is 17.1 Å². The Kier molecular flexibility index (Phi) is 4.79. The Morgan fingerprint density at radius 3 is 2.68 bits per heavy atom. The summed E-state index contributed by atoms with van der Waals surface area (Å²) in [5.74, 6) is 1.13. The van der Waals surface area contributed by atoms with E-state index in [9.17, 15) is 9.59 Å². The van der Waals surface area contributed by atoms with Gasteiger partial charge in [0.15, 0.2) is 0 Å². The van der Waals surface area contributed by atoms with Crippen LogP contribution in [-0.4, -0.2) is 36.6 Å². The Labute approximate surface area is 146 Å². The van der Waals surface area contributed by atoms with Crippen LogP contribution in [0.5, 0.6) is 11.5 Å². The summed E-state index contributed by atoms with van der Waals surface area (Å²) in [5, 5.41) is 0. The van der Waals surface area contributed by atoms with Crippen molar-refractivity contribution in [2.45, 2.75) is 25.8 Å². The Hall–Kier alpha value is -2.76. The lowest BCUT2D eigenvalue weighted by atomic mass is 10.0. The monoisotopic (exact) mass is 342 g/mol. The van der Waals surface area contributed by atoms with E-state index in [0.29, 0.717) is 18.0 Å². The van der Waals surface area contributed by atoms with Crippen LogP contribution in [0.4, 0.5) is 0 Å². The van der Waals surface area contributed by atoms with E-state index < -0.39 is 0 Å². The SMILES string of the molecule is COc1ccc([C@@H]2CCCN2C(=O)c2ccc(C)[nH]c2=O)c(OC)c1. The van der Waals surface area contributed by atoms with Crippen molar-refractivity contribution in [3.63, 3.8) is 0 Å². The molecule has 3 rings (SSSR count). The van der Waals surface area contributed by atoms with E-state index >= 15 is 0 Å². The Balaban J connectivity index is 1.95. The standard InChI is InChI=1S/C19H22N2O4/c1-12-6-8-15(18(22)20-12)19(23)21-10-4-5-16(21)14-9-7-13(24-2)11-17(14)25-3/h6-9,11,16H,4-5,10H2,1-3H3,(H,20,22)/t16-/m0/s1. The van der Waals surface area contributed by atoms with Crippen molar-refractivity contribution in [2.24, 2.45) is 0 Å². The van der Waals surface area contributed by atoms with Gasteiger partial charge in [0.2, 0.25) is 0 Å². The number of nitrogens with zero attached hydrogens (tertiary/aromatic N) is 1. The van der Waals surface area contributed by atoms with E-state index in [1.807, 2.05) is 18.2 Å². The van der Waals surface area contributed by atoms with Gasteiger partial charge in [-0.3, -0.25) is 9.59 Å². The van der Waals surface area contributed by atoms with Crippen molar-refractivity contribution >= 4 is 5.91 Å². The second-order valence-electron chi connectivity index (χ2n) is 6.15. The molecule has 0 bridgehead atoms. The zero-order chi connectivity index (χ0) is 18.0. The maximum atomic E-state index is 12.9. The molecule has 1 aliphatic heterocycles. The van der Waals surface area contributed by atoms with Gasteiger partial charge in [0, 0.05) is 23.9 Å². The van der Waals surface area contributed by atoms with E-state index in [0.717, 1.165) is 24.1 Å². The highest BCUT2D eigenvalue weighted by atomic mass is 16.5. The highest BCUT2D eigenvalue weighted by molar-refractivity contribution is 5.94. The molecule has 0 radical (unpaired) electrons. The van der Waals surface area contributed by atoms with Gasteiger partial charge in [-0.25, -0.2) is 0 Å². The summed E-state index contributed by atoms with van der Waals surface area (Å²) in [5.41, 5.74) is 1.48. The third-order valence-electron chi connectivity index (χ3n) is 4.60. The number of rotatable bonds is 4. The minimum absolute atomic E-state index is 0.117. The summed E-state index contributed by atoms with van der Waals surface area (Å²) in [6, 6.07) is 8.82. The molecule has 1 fully saturated rings. The first-order valence-corrected chi connectivity index (χ1v) is 8.28. The molecule has 1 atom stereocenters. The summed E-state index contributed by atoms with van der Waals surface area (Å²) in [6.45, 7) is 2.41. The van der Waals surface area contributed by atoms with Crippen LogP contribution in [0.2, 0.25) is 0 Å². The fourth-order valence-corrected chi connectivity index (χ4v) is 3.32. The largest absolute Gasteiger partial charge is 0.497 e. The number of aromatic nitrogens is 1. The zero-order valence-corrected chi connectivity index (χ0v) is 14.7. The van der Waals surface area contributed by atoms with Crippen molar-refractivity contribution in [3.05, 3.63) is 57.5 Å². The molecule has 1 aromatic heterocycles. The van der Waals surface area contributed by atoms with Crippen LogP contribution in [0.1, 0.15) is 40.5 Å². The highest BCUT2D eigenvalue weighted by Gasteiger charge is 2.33. The minimum Gasteiger partial charge on any atom is -0.497 e. The van der Waals surface area contributed by atoms with Crippen molar-refractivity contribution in [3.8, 4) is 11.5 Å². The number of H-pyrrole nitrogens is 1. The molecule has 132 valence electrons. The predicted octanol–water partition coefficient (Wildman–Crippen LogP) is 2.68. The Morgan fingerprint density at radius 1 is 1.20 bits per heavy atom. The number of carbonyl (C=O) groups is 1. The number of aryl methyl sites for hydroxylation is 1. The van der Waals surface area contributed by atoms with E-state index in [1.165, 1.54) is 0 Å². The number of carbonyl (C=O) groups excluding carboxylic acids is 1. The Morgan fingerprint density at radius 2 is 2.00 bits per heavy atom. The molecule has 25 heavy (non-hydrogen) atoms. The molecule has 6 nitrogen and oxygen atoms in total. The molecule has 2 aromatic rings. The van der Waals surface area contributed by atoms with Crippen molar-refractivity contribution in [1.29, 1.82) is 0 Å². The van der Waals surface area contributed by atoms with Crippen molar-refractivity contribution in [1.82, 2.24) is 9.88 Å². The molecule has 1 amide bonds. The van der Waals surface area contributed by atoms with Gasteiger partial charge < -0.3 is 19.4 Å². The number of benzene rings is 1. The second-order valence-corrected chi connectivity index (χ2v) is 6.15. The van der Waals surface area contributed by atoms with E-state index in [-0.39, 0.29) is 23.1 Å². The number of nitrogens with one attached hydrogen (secondary N) is 1. The molecule has 0 unspecified atom stereocenters. The van der Waals surface area contributed by atoms with E-state index in [4.69, 9.17) is 9.47 Å². The number of hydrogen-bond acceptors (Lipinski definition) is 4. The molecule has 6 heteroatoms. The van der Waals surface area contributed by atoms with Crippen LogP contribution in [-0.2, 0) is 0 Å². The third kappa shape index (κ3) is 3.24. The Bertz CT molecular complexity index is 844. The van der Waals surface area contributed by atoms with Crippen molar-refractivity contribution in [2.75, 3.05) is 20.8 Å². The first-order chi connectivity index (χ1) is 12.0. The second kappa shape index (κ2) is 7.01. The van der Waals surface area contributed by atoms with E-state index in [1.54, 1.807) is 38.2 Å². The zero-order valence-electron chi connectivity index (χ0n) is 14.7. The van der Waals surface area contributed by atoms with Crippen LogP contribution >= 0.6 is 0 Å². The highest BCUT2D eigenvalue weighted by Crippen LogP contribution is 2.39. The molecular formula is C19H22N2O4. The number of ether oxygens (including phenoxy) is 2. The molecule has 2 heterocycles. The molecule has 0 saturated carbocycles. The van der Waals surface area contributed by atoms with Crippen LogP contribution < -0.4 is 15.0 Å². The van der Waals surface area contributed by atoms with E-state index in [2.05, 4.69) is 4.98 Å². The van der Waals surface area contributed by atoms with Gasteiger partial charge >= 0.3 is 0 Å². The van der Waals surface area contributed by atoms with Crippen LogP contribution in [0.25, 0.3) is 0 Å². The number of amides is 1. The van der Waals surface area contributed by atoms with Crippen LogP contribution in [0.3, 0.4) is 0 Å². The van der Waals surface area contributed by atoms with Gasteiger partial charge in [-0.2, -0.15) is 0 Å². The number of likely N-dealkylation sites (tertiary alicyclic amines) is 1.